The summed E-state index contributed by atoms with van der Waals surface area (Å²) in [5.41, 5.74) is 6.24. The predicted octanol–water partition coefficient (Wildman–Crippen LogP) is 3.00. The Labute approximate surface area is 182 Å². The van der Waals surface area contributed by atoms with Crippen LogP contribution in [0.4, 0.5) is 0 Å². The molecule has 160 valence electrons. The fourth-order valence-corrected chi connectivity index (χ4v) is 2.56. The lowest BCUT2D eigenvalue weighted by atomic mass is 10.1. The Morgan fingerprint density at radius 2 is 1.60 bits per heavy atom. The fraction of sp³-hybridized carbons (Fsp3) is 0.318. The highest BCUT2D eigenvalue weighted by Crippen LogP contribution is 2.13. The molecule has 0 radical (unpaired) electrons. The monoisotopic (exact) mass is 429 g/mol. The average Bonchev–Trinajstić information content (AvgIpc) is 2.73. The molecule has 0 aliphatic rings. The van der Waals surface area contributed by atoms with Gasteiger partial charge < -0.3 is 9.47 Å². The number of carbonyl (C=O) groups excluding carboxylic acids is 2. The third-order valence-electron chi connectivity index (χ3n) is 4.15. The molecule has 0 aliphatic heterocycles. The zero-order valence-corrected chi connectivity index (χ0v) is 18.2. The maximum Gasteiger partial charge on any atom is 0.257 e. The van der Waals surface area contributed by atoms with Crippen LogP contribution in [-0.4, -0.2) is 30.6 Å². The third-order valence-corrected chi connectivity index (χ3v) is 4.35. The normalized spacial score (nSPS) is 10.3. The van der Waals surface area contributed by atoms with E-state index in [0.717, 1.165) is 17.7 Å². The molecule has 3 N–H and O–H groups in total. The summed E-state index contributed by atoms with van der Waals surface area (Å²) in [4.78, 5) is 24.3. The summed E-state index contributed by atoms with van der Waals surface area (Å²) in [6.07, 6.45) is 1.12. The van der Waals surface area contributed by atoms with E-state index in [9.17, 15) is 9.59 Å². The van der Waals surface area contributed by atoms with Gasteiger partial charge in [-0.1, -0.05) is 26.0 Å². The van der Waals surface area contributed by atoms with Gasteiger partial charge in [-0.2, -0.15) is 0 Å². The standard InChI is InChI=1S/C22H27N3O4S/c1-15(2)12-13-29-19-10-6-17(7-11-19)21(27)23-22(30)25-24-20(26)14-16-4-8-18(28-3)9-5-16/h4-11,15H,12-14H2,1-3H3,(H,24,26)(H2,23,25,27,30). The van der Waals surface area contributed by atoms with E-state index in [1.807, 2.05) is 0 Å². The Morgan fingerprint density at radius 1 is 0.967 bits per heavy atom. The first-order chi connectivity index (χ1) is 14.4. The molecular formula is C22H27N3O4S. The number of methoxy groups -OCH3 is 1. The Bertz CT molecular complexity index is 852. The SMILES string of the molecule is COc1ccc(CC(=O)NNC(=S)NC(=O)c2ccc(OCCC(C)C)cc2)cc1. The van der Waals surface area contributed by atoms with Crippen molar-refractivity contribution < 1.29 is 19.1 Å². The molecule has 0 heterocycles. The lowest BCUT2D eigenvalue weighted by Crippen LogP contribution is -2.48. The summed E-state index contributed by atoms with van der Waals surface area (Å²) in [6, 6.07) is 14.0. The Morgan fingerprint density at radius 3 is 2.20 bits per heavy atom. The van der Waals surface area contributed by atoms with Gasteiger partial charge in [0.2, 0.25) is 5.91 Å². The average molecular weight is 430 g/mol. The van der Waals surface area contributed by atoms with Crippen molar-refractivity contribution in [3.63, 3.8) is 0 Å². The molecule has 0 saturated heterocycles. The Balaban J connectivity index is 1.74. The second-order valence-corrected chi connectivity index (χ2v) is 7.44. The first kappa shape index (κ1) is 23.2. The second kappa shape index (κ2) is 11.8. The van der Waals surface area contributed by atoms with Crippen LogP contribution in [0.1, 0.15) is 36.2 Å². The first-order valence-corrected chi connectivity index (χ1v) is 10.0. The number of ether oxygens (including phenoxy) is 2. The van der Waals surface area contributed by atoms with E-state index in [4.69, 9.17) is 21.7 Å². The van der Waals surface area contributed by atoms with Crippen LogP contribution in [0.2, 0.25) is 0 Å². The number of carbonyl (C=O) groups is 2. The van der Waals surface area contributed by atoms with Crippen LogP contribution in [0.25, 0.3) is 0 Å². The number of nitrogens with one attached hydrogen (secondary N) is 3. The number of hydrazine groups is 1. The molecule has 0 bridgehead atoms. The number of hydrogen-bond acceptors (Lipinski definition) is 5. The maximum atomic E-state index is 12.3. The molecule has 8 heteroatoms. The molecule has 30 heavy (non-hydrogen) atoms. The van der Waals surface area contributed by atoms with Crippen LogP contribution in [0, 0.1) is 5.92 Å². The lowest BCUT2D eigenvalue weighted by Gasteiger charge is -2.12. The minimum atomic E-state index is -0.384. The van der Waals surface area contributed by atoms with Gasteiger partial charge in [0.15, 0.2) is 5.11 Å². The van der Waals surface area contributed by atoms with Crippen molar-refractivity contribution in [2.75, 3.05) is 13.7 Å². The number of amides is 2. The zero-order chi connectivity index (χ0) is 21.9. The van der Waals surface area contributed by atoms with E-state index in [1.54, 1.807) is 55.6 Å². The summed E-state index contributed by atoms with van der Waals surface area (Å²) in [6.45, 7) is 4.90. The first-order valence-electron chi connectivity index (χ1n) is 9.63. The quantitative estimate of drug-likeness (QED) is 0.442. The lowest BCUT2D eigenvalue weighted by molar-refractivity contribution is -0.121. The smallest absolute Gasteiger partial charge is 0.257 e. The predicted molar refractivity (Wildman–Crippen MR) is 119 cm³/mol. The summed E-state index contributed by atoms with van der Waals surface area (Å²) in [5.74, 6) is 1.32. The van der Waals surface area contributed by atoms with E-state index < -0.39 is 0 Å². The van der Waals surface area contributed by atoms with Gasteiger partial charge in [-0.25, -0.2) is 0 Å². The number of benzene rings is 2. The van der Waals surface area contributed by atoms with Gasteiger partial charge in [-0.15, -0.1) is 0 Å². The molecule has 0 fully saturated rings. The molecule has 2 aromatic rings. The highest BCUT2D eigenvalue weighted by atomic mass is 32.1. The van der Waals surface area contributed by atoms with Crippen molar-refractivity contribution in [3.05, 3.63) is 59.7 Å². The van der Waals surface area contributed by atoms with Gasteiger partial charge in [-0.3, -0.25) is 25.8 Å². The fourth-order valence-electron chi connectivity index (χ4n) is 2.42. The molecule has 2 rings (SSSR count). The van der Waals surface area contributed by atoms with Crippen molar-refractivity contribution in [1.82, 2.24) is 16.2 Å². The van der Waals surface area contributed by atoms with Crippen LogP contribution in [0.3, 0.4) is 0 Å². The van der Waals surface area contributed by atoms with Crippen molar-refractivity contribution in [3.8, 4) is 11.5 Å². The van der Waals surface area contributed by atoms with Crippen molar-refractivity contribution in [2.24, 2.45) is 5.92 Å². The third kappa shape index (κ3) is 8.08. The Kier molecular flexibility index (Phi) is 9.08. The van der Waals surface area contributed by atoms with E-state index in [1.165, 1.54) is 0 Å². The molecule has 0 spiro atoms. The molecule has 0 saturated carbocycles. The molecule has 0 unspecified atom stereocenters. The van der Waals surface area contributed by atoms with Crippen molar-refractivity contribution in [1.29, 1.82) is 0 Å². The van der Waals surface area contributed by atoms with Gasteiger partial charge >= 0.3 is 0 Å². The van der Waals surface area contributed by atoms with Crippen LogP contribution in [0.5, 0.6) is 11.5 Å². The highest BCUT2D eigenvalue weighted by molar-refractivity contribution is 7.80. The van der Waals surface area contributed by atoms with E-state index in [2.05, 4.69) is 30.0 Å². The van der Waals surface area contributed by atoms with Gasteiger partial charge in [0, 0.05) is 5.56 Å². The van der Waals surface area contributed by atoms with Crippen molar-refractivity contribution >= 4 is 29.1 Å². The molecule has 2 aromatic carbocycles. The van der Waals surface area contributed by atoms with Gasteiger partial charge in [0.25, 0.3) is 5.91 Å². The second-order valence-electron chi connectivity index (χ2n) is 7.04. The highest BCUT2D eigenvalue weighted by Gasteiger charge is 2.09. The topological polar surface area (TPSA) is 88.7 Å². The molecule has 7 nitrogen and oxygen atoms in total. The summed E-state index contributed by atoms with van der Waals surface area (Å²) < 4.78 is 10.7. The van der Waals surface area contributed by atoms with Gasteiger partial charge in [-0.05, 0) is 66.5 Å². The van der Waals surface area contributed by atoms with Crippen LogP contribution < -0.4 is 25.6 Å². The summed E-state index contributed by atoms with van der Waals surface area (Å²) in [7, 11) is 1.58. The summed E-state index contributed by atoms with van der Waals surface area (Å²) >= 11 is 5.05. The molecule has 0 atom stereocenters. The zero-order valence-electron chi connectivity index (χ0n) is 17.4. The minimum Gasteiger partial charge on any atom is -0.497 e. The summed E-state index contributed by atoms with van der Waals surface area (Å²) in [5, 5.41) is 2.52. The molecule has 2 amide bonds. The van der Waals surface area contributed by atoms with Crippen LogP contribution in [0.15, 0.2) is 48.5 Å². The Hall–Kier alpha value is -3.13. The number of thiocarbonyl (C=S) groups is 1. The maximum absolute atomic E-state index is 12.3. The van der Waals surface area contributed by atoms with E-state index >= 15 is 0 Å². The molecule has 0 aliphatic carbocycles. The molecule has 0 aromatic heterocycles. The van der Waals surface area contributed by atoms with E-state index in [-0.39, 0.29) is 23.3 Å². The van der Waals surface area contributed by atoms with Gasteiger partial charge in [0.05, 0.1) is 20.1 Å². The largest absolute Gasteiger partial charge is 0.497 e. The van der Waals surface area contributed by atoms with Gasteiger partial charge in [0.1, 0.15) is 11.5 Å². The number of hydrogen-bond donors (Lipinski definition) is 3. The number of rotatable bonds is 8. The van der Waals surface area contributed by atoms with E-state index in [0.29, 0.717) is 23.8 Å². The van der Waals surface area contributed by atoms with Crippen LogP contribution in [-0.2, 0) is 11.2 Å². The van der Waals surface area contributed by atoms with Crippen LogP contribution >= 0.6 is 12.2 Å². The molecular weight excluding hydrogens is 402 g/mol. The minimum absolute atomic E-state index is 0.000316. The van der Waals surface area contributed by atoms with Crippen molar-refractivity contribution in [2.45, 2.75) is 26.7 Å².